The van der Waals surface area contributed by atoms with Crippen LogP contribution in [-0.2, 0) is 14.8 Å². The molecule has 2 N–H and O–H groups in total. The average Bonchev–Trinajstić information content (AvgIpc) is 2.49. The second-order valence-corrected chi connectivity index (χ2v) is 7.47. The maximum absolute atomic E-state index is 12.8. The summed E-state index contributed by atoms with van der Waals surface area (Å²) in [5.41, 5.74) is 5.31. The molecule has 0 bridgehead atoms. The van der Waals surface area contributed by atoms with Crippen LogP contribution in [0.3, 0.4) is 0 Å². The first kappa shape index (κ1) is 17.1. The summed E-state index contributed by atoms with van der Waals surface area (Å²) in [4.78, 5) is 11.4. The van der Waals surface area contributed by atoms with E-state index in [2.05, 4.69) is 0 Å². The Morgan fingerprint density at radius 1 is 1.50 bits per heavy atom. The summed E-state index contributed by atoms with van der Waals surface area (Å²) in [7, 11) is -3.79. The van der Waals surface area contributed by atoms with Gasteiger partial charge in [0.25, 0.3) is 0 Å². The van der Waals surface area contributed by atoms with Crippen molar-refractivity contribution in [3.8, 4) is 5.75 Å². The number of halogens is 1. The number of carbonyl (C=O) groups excluding carboxylic acids is 1. The molecule has 1 heterocycles. The van der Waals surface area contributed by atoms with Crippen molar-refractivity contribution < 1.29 is 17.9 Å². The zero-order valence-electron chi connectivity index (χ0n) is 12.3. The fourth-order valence-electron chi connectivity index (χ4n) is 2.49. The molecule has 0 aliphatic carbocycles. The zero-order chi connectivity index (χ0) is 16.3. The molecule has 2 rings (SSSR count). The summed E-state index contributed by atoms with van der Waals surface area (Å²) in [6.45, 7) is 2.56. The van der Waals surface area contributed by atoms with Crippen LogP contribution in [0, 0.1) is 5.92 Å². The van der Waals surface area contributed by atoms with Crippen LogP contribution in [0.2, 0.25) is 5.02 Å². The molecule has 22 heavy (non-hydrogen) atoms. The lowest BCUT2D eigenvalue weighted by atomic mass is 9.99. The van der Waals surface area contributed by atoms with E-state index < -0.39 is 21.8 Å². The normalized spacial score (nSPS) is 19.8. The van der Waals surface area contributed by atoms with Gasteiger partial charge in [-0.2, -0.15) is 4.31 Å². The predicted octanol–water partition coefficient (Wildman–Crippen LogP) is 1.62. The van der Waals surface area contributed by atoms with Gasteiger partial charge >= 0.3 is 0 Å². The Hall–Kier alpha value is -1.31. The van der Waals surface area contributed by atoms with E-state index in [0.29, 0.717) is 31.0 Å². The van der Waals surface area contributed by atoms with E-state index in [-0.39, 0.29) is 17.2 Å². The molecule has 0 saturated carbocycles. The lowest BCUT2D eigenvalue weighted by Gasteiger charge is -2.30. The Labute approximate surface area is 135 Å². The minimum Gasteiger partial charge on any atom is -0.492 e. The molecule has 1 atom stereocenters. The number of hydrogen-bond acceptors (Lipinski definition) is 4. The fourth-order valence-corrected chi connectivity index (χ4v) is 4.41. The van der Waals surface area contributed by atoms with E-state index in [0.717, 1.165) is 0 Å². The molecule has 0 radical (unpaired) electrons. The minimum atomic E-state index is -3.79. The first-order valence-electron chi connectivity index (χ1n) is 7.08. The highest BCUT2D eigenvalue weighted by molar-refractivity contribution is 7.89. The van der Waals surface area contributed by atoms with Gasteiger partial charge in [-0.25, -0.2) is 8.42 Å². The van der Waals surface area contributed by atoms with E-state index in [1.165, 1.54) is 16.4 Å². The van der Waals surface area contributed by atoms with Crippen molar-refractivity contribution in [3.63, 3.8) is 0 Å². The van der Waals surface area contributed by atoms with Crippen LogP contribution in [-0.4, -0.2) is 38.3 Å². The van der Waals surface area contributed by atoms with Crippen LogP contribution in [0.15, 0.2) is 23.1 Å². The van der Waals surface area contributed by atoms with Gasteiger partial charge in [0.1, 0.15) is 10.6 Å². The molecular weight excluding hydrogens is 328 g/mol. The molecule has 1 aromatic carbocycles. The smallest absolute Gasteiger partial charge is 0.246 e. The number of primary amides is 1. The number of carbonyl (C=O) groups is 1. The van der Waals surface area contributed by atoms with E-state index in [4.69, 9.17) is 22.1 Å². The highest BCUT2D eigenvalue weighted by Crippen LogP contribution is 2.32. The van der Waals surface area contributed by atoms with E-state index in [1.54, 1.807) is 13.0 Å². The SMILES string of the molecule is CCOc1ccc(Cl)cc1S(=O)(=O)N1CCCC(C(N)=O)C1. The molecule has 0 aromatic heterocycles. The number of benzene rings is 1. The second kappa shape index (κ2) is 6.85. The summed E-state index contributed by atoms with van der Waals surface area (Å²) in [5.74, 6) is -0.678. The first-order chi connectivity index (χ1) is 10.4. The highest BCUT2D eigenvalue weighted by Gasteiger charge is 2.34. The van der Waals surface area contributed by atoms with Crippen molar-refractivity contribution in [3.05, 3.63) is 23.2 Å². The van der Waals surface area contributed by atoms with Gasteiger partial charge < -0.3 is 10.5 Å². The summed E-state index contributed by atoms with van der Waals surface area (Å²) in [6, 6.07) is 4.48. The zero-order valence-corrected chi connectivity index (χ0v) is 13.9. The van der Waals surface area contributed by atoms with E-state index in [1.807, 2.05) is 0 Å². The van der Waals surface area contributed by atoms with Crippen molar-refractivity contribution in [2.24, 2.45) is 11.7 Å². The Balaban J connectivity index is 2.37. The third-order valence-corrected chi connectivity index (χ3v) is 5.73. The summed E-state index contributed by atoms with van der Waals surface area (Å²) in [6.07, 6.45) is 1.20. The molecule has 1 fully saturated rings. The number of piperidine rings is 1. The molecule has 1 amide bonds. The Kier molecular flexibility index (Phi) is 5.31. The van der Waals surface area contributed by atoms with Crippen LogP contribution >= 0.6 is 11.6 Å². The van der Waals surface area contributed by atoms with Crippen LogP contribution < -0.4 is 10.5 Å². The minimum absolute atomic E-state index is 0.0203. The third kappa shape index (κ3) is 3.53. The van der Waals surface area contributed by atoms with Crippen molar-refractivity contribution >= 4 is 27.5 Å². The molecule has 8 heteroatoms. The number of nitrogens with zero attached hydrogens (tertiary/aromatic N) is 1. The highest BCUT2D eigenvalue weighted by atomic mass is 35.5. The lowest BCUT2D eigenvalue weighted by molar-refractivity contribution is -0.122. The molecule has 1 aliphatic heterocycles. The molecule has 1 aromatic rings. The van der Waals surface area contributed by atoms with E-state index >= 15 is 0 Å². The molecule has 1 saturated heterocycles. The molecule has 1 unspecified atom stereocenters. The van der Waals surface area contributed by atoms with E-state index in [9.17, 15) is 13.2 Å². The van der Waals surface area contributed by atoms with Crippen LogP contribution in [0.25, 0.3) is 0 Å². The topological polar surface area (TPSA) is 89.7 Å². The Morgan fingerprint density at radius 3 is 2.86 bits per heavy atom. The molecule has 122 valence electrons. The standard InChI is InChI=1S/C14H19ClN2O4S/c1-2-21-12-6-5-11(15)8-13(12)22(19,20)17-7-3-4-10(9-17)14(16)18/h5-6,8,10H,2-4,7,9H2,1H3,(H2,16,18). The monoisotopic (exact) mass is 346 g/mol. The van der Waals surface area contributed by atoms with Crippen molar-refractivity contribution in [2.45, 2.75) is 24.7 Å². The molecular formula is C14H19ClN2O4S. The fraction of sp³-hybridized carbons (Fsp3) is 0.500. The Morgan fingerprint density at radius 2 is 2.23 bits per heavy atom. The van der Waals surface area contributed by atoms with Gasteiger partial charge in [0.2, 0.25) is 15.9 Å². The van der Waals surface area contributed by atoms with Gasteiger partial charge in [0, 0.05) is 18.1 Å². The summed E-state index contributed by atoms with van der Waals surface area (Å²) in [5, 5.41) is 0.311. The van der Waals surface area contributed by atoms with Crippen LogP contribution in [0.5, 0.6) is 5.75 Å². The number of sulfonamides is 1. The number of hydrogen-bond donors (Lipinski definition) is 1. The second-order valence-electron chi connectivity index (χ2n) is 5.13. The number of ether oxygens (including phenoxy) is 1. The maximum atomic E-state index is 12.8. The quantitative estimate of drug-likeness (QED) is 0.877. The summed E-state index contributed by atoms with van der Waals surface area (Å²) >= 11 is 5.93. The predicted molar refractivity (Wildman–Crippen MR) is 83.3 cm³/mol. The van der Waals surface area contributed by atoms with Gasteiger partial charge in [-0.1, -0.05) is 11.6 Å². The van der Waals surface area contributed by atoms with Gasteiger partial charge in [-0.3, -0.25) is 4.79 Å². The van der Waals surface area contributed by atoms with Gasteiger partial charge in [-0.15, -0.1) is 0 Å². The van der Waals surface area contributed by atoms with Crippen molar-refractivity contribution in [1.29, 1.82) is 0 Å². The molecule has 6 nitrogen and oxygen atoms in total. The molecule has 1 aliphatic rings. The van der Waals surface area contributed by atoms with Crippen LogP contribution in [0.1, 0.15) is 19.8 Å². The first-order valence-corrected chi connectivity index (χ1v) is 8.90. The Bertz CT molecular complexity index is 663. The summed E-state index contributed by atoms with van der Waals surface area (Å²) < 4.78 is 32.3. The largest absolute Gasteiger partial charge is 0.492 e. The van der Waals surface area contributed by atoms with Crippen molar-refractivity contribution in [1.82, 2.24) is 4.31 Å². The average molecular weight is 347 g/mol. The van der Waals surface area contributed by atoms with Gasteiger partial charge in [0.15, 0.2) is 0 Å². The van der Waals surface area contributed by atoms with Gasteiger partial charge in [0.05, 0.1) is 12.5 Å². The molecule has 0 spiro atoms. The number of nitrogens with two attached hydrogens (primary N) is 1. The number of amides is 1. The lowest BCUT2D eigenvalue weighted by Crippen LogP contribution is -2.44. The number of rotatable bonds is 5. The third-order valence-electron chi connectivity index (χ3n) is 3.61. The van der Waals surface area contributed by atoms with Crippen LogP contribution in [0.4, 0.5) is 0 Å². The van der Waals surface area contributed by atoms with Gasteiger partial charge in [-0.05, 0) is 38.0 Å². The maximum Gasteiger partial charge on any atom is 0.246 e. The van der Waals surface area contributed by atoms with Crippen molar-refractivity contribution in [2.75, 3.05) is 19.7 Å².